The Morgan fingerprint density at radius 2 is 0.976 bits per heavy atom. The number of nitrogens with zero attached hydrogens (tertiary/aromatic N) is 3. The first-order valence-electron chi connectivity index (χ1n) is 14.0. The maximum atomic E-state index is 6.34. The molecule has 0 atom stereocenters. The third-order valence-corrected chi connectivity index (χ3v) is 7.74. The summed E-state index contributed by atoms with van der Waals surface area (Å²) in [6, 6.07) is 52.2. The fraction of sp³-hybridized carbons (Fsp3) is 0. The average Bonchev–Trinajstić information content (AvgIpc) is 3.68. The third-order valence-electron chi connectivity index (χ3n) is 7.74. The Morgan fingerprint density at radius 3 is 1.76 bits per heavy atom. The summed E-state index contributed by atoms with van der Waals surface area (Å²) in [7, 11) is 0. The van der Waals surface area contributed by atoms with Crippen LogP contribution in [0.1, 0.15) is 0 Å². The zero-order chi connectivity index (χ0) is 27.9. The van der Waals surface area contributed by atoms with E-state index in [1.807, 2.05) is 48.5 Å². The van der Waals surface area contributed by atoms with Gasteiger partial charge in [0.2, 0.25) is 0 Å². The van der Waals surface area contributed by atoms with Crippen molar-refractivity contribution in [2.24, 2.45) is 0 Å². The van der Waals surface area contributed by atoms with Crippen molar-refractivity contribution >= 4 is 21.9 Å². The quantitative estimate of drug-likeness (QED) is 0.219. The summed E-state index contributed by atoms with van der Waals surface area (Å²) in [6.45, 7) is 0. The summed E-state index contributed by atoms with van der Waals surface area (Å²) in [5.74, 6) is 1.60. The molecule has 2 heterocycles. The molecule has 0 aliphatic heterocycles. The first kappa shape index (κ1) is 24.1. The van der Waals surface area contributed by atoms with Crippen LogP contribution < -0.4 is 0 Å². The summed E-state index contributed by atoms with van der Waals surface area (Å²) >= 11 is 0. The van der Waals surface area contributed by atoms with E-state index < -0.39 is 0 Å². The van der Waals surface area contributed by atoms with Gasteiger partial charge in [-0.2, -0.15) is 0 Å². The lowest BCUT2D eigenvalue weighted by Crippen LogP contribution is -2.00. The SMILES string of the molecule is c1ccc(-c2nnc(-c3cccc(-c4cccc(-c5cccc6c5oc5ccccc56)c4)c3)n2-c2ccccc2)cc1. The van der Waals surface area contributed by atoms with E-state index in [0.717, 1.165) is 72.7 Å². The van der Waals surface area contributed by atoms with Crippen LogP contribution in [-0.2, 0) is 0 Å². The number of benzene rings is 6. The van der Waals surface area contributed by atoms with Gasteiger partial charge in [-0.25, -0.2) is 0 Å². The van der Waals surface area contributed by atoms with E-state index in [2.05, 4.69) is 113 Å². The van der Waals surface area contributed by atoms with Crippen LogP contribution in [0.5, 0.6) is 0 Å². The van der Waals surface area contributed by atoms with Gasteiger partial charge in [-0.15, -0.1) is 10.2 Å². The van der Waals surface area contributed by atoms with Crippen molar-refractivity contribution in [2.45, 2.75) is 0 Å². The van der Waals surface area contributed by atoms with E-state index in [1.165, 1.54) is 0 Å². The third kappa shape index (κ3) is 4.09. The Labute approximate surface area is 243 Å². The maximum absolute atomic E-state index is 6.34. The summed E-state index contributed by atoms with van der Waals surface area (Å²) in [4.78, 5) is 0. The highest BCUT2D eigenvalue weighted by Crippen LogP contribution is 2.37. The van der Waals surface area contributed by atoms with Crippen molar-refractivity contribution in [3.8, 4) is 50.7 Å². The molecule has 0 saturated carbocycles. The summed E-state index contributed by atoms with van der Waals surface area (Å²) in [5.41, 5.74) is 9.27. The second kappa shape index (κ2) is 10.0. The minimum atomic E-state index is 0.796. The van der Waals surface area contributed by atoms with Crippen molar-refractivity contribution in [1.82, 2.24) is 14.8 Å². The molecule has 0 amide bonds. The summed E-state index contributed by atoms with van der Waals surface area (Å²) in [5, 5.41) is 11.6. The Hall–Kier alpha value is -5.74. The molecule has 0 fully saturated rings. The molecule has 8 aromatic rings. The number of hydrogen-bond donors (Lipinski definition) is 0. The monoisotopic (exact) mass is 539 g/mol. The number of para-hydroxylation sites is 3. The van der Waals surface area contributed by atoms with Gasteiger partial charge in [0.25, 0.3) is 0 Å². The minimum Gasteiger partial charge on any atom is -0.455 e. The van der Waals surface area contributed by atoms with Crippen LogP contribution in [0.25, 0.3) is 72.7 Å². The second-order valence-corrected chi connectivity index (χ2v) is 10.3. The maximum Gasteiger partial charge on any atom is 0.168 e. The van der Waals surface area contributed by atoms with Gasteiger partial charge in [0, 0.05) is 33.2 Å². The molecule has 0 aliphatic rings. The molecule has 0 aliphatic carbocycles. The molecule has 0 bridgehead atoms. The molecule has 4 nitrogen and oxygen atoms in total. The fourth-order valence-corrected chi connectivity index (χ4v) is 5.75. The Morgan fingerprint density at radius 1 is 0.429 bits per heavy atom. The number of aromatic nitrogens is 3. The topological polar surface area (TPSA) is 43.9 Å². The standard InChI is InChI=1S/C38H25N3O/c1-3-12-26(13-4-1)37-39-40-38(41(37)31-18-5-2-6-19-31)30-17-10-15-28(25-30)27-14-9-16-29(24-27)32-21-11-22-34-33-20-7-8-23-35(33)42-36(32)34/h1-25H. The summed E-state index contributed by atoms with van der Waals surface area (Å²) < 4.78 is 8.47. The zero-order valence-corrected chi connectivity index (χ0v) is 22.7. The van der Waals surface area contributed by atoms with E-state index in [4.69, 9.17) is 9.52 Å². The van der Waals surface area contributed by atoms with Gasteiger partial charge < -0.3 is 4.42 Å². The largest absolute Gasteiger partial charge is 0.455 e. The number of furan rings is 1. The molecule has 198 valence electrons. The first-order valence-corrected chi connectivity index (χ1v) is 14.0. The number of rotatable bonds is 5. The molecule has 42 heavy (non-hydrogen) atoms. The van der Waals surface area contributed by atoms with Crippen LogP contribution in [0.15, 0.2) is 156 Å². The van der Waals surface area contributed by atoms with E-state index in [0.29, 0.717) is 0 Å². The predicted molar refractivity (Wildman–Crippen MR) is 170 cm³/mol. The van der Waals surface area contributed by atoms with Gasteiger partial charge in [-0.05, 0) is 47.0 Å². The van der Waals surface area contributed by atoms with Crippen molar-refractivity contribution < 1.29 is 4.42 Å². The van der Waals surface area contributed by atoms with Gasteiger partial charge in [0.1, 0.15) is 11.2 Å². The molecule has 0 unspecified atom stereocenters. The van der Waals surface area contributed by atoms with E-state index in [1.54, 1.807) is 0 Å². The molecule has 0 N–H and O–H groups in total. The number of fused-ring (bicyclic) bond motifs is 3. The fourth-order valence-electron chi connectivity index (χ4n) is 5.75. The van der Waals surface area contributed by atoms with Crippen LogP contribution in [0.2, 0.25) is 0 Å². The van der Waals surface area contributed by atoms with Gasteiger partial charge in [0.05, 0.1) is 0 Å². The lowest BCUT2D eigenvalue weighted by atomic mass is 9.97. The highest BCUT2D eigenvalue weighted by atomic mass is 16.3. The van der Waals surface area contributed by atoms with E-state index in [9.17, 15) is 0 Å². The van der Waals surface area contributed by atoms with Crippen LogP contribution in [0.3, 0.4) is 0 Å². The van der Waals surface area contributed by atoms with E-state index >= 15 is 0 Å². The Balaban J connectivity index is 1.24. The highest BCUT2D eigenvalue weighted by Gasteiger charge is 2.18. The van der Waals surface area contributed by atoms with Crippen LogP contribution in [0, 0.1) is 0 Å². The highest BCUT2D eigenvalue weighted by molar-refractivity contribution is 6.09. The molecular formula is C38H25N3O. The van der Waals surface area contributed by atoms with Gasteiger partial charge in [0.15, 0.2) is 11.6 Å². The molecule has 0 saturated heterocycles. The van der Waals surface area contributed by atoms with E-state index in [-0.39, 0.29) is 0 Å². The van der Waals surface area contributed by atoms with Gasteiger partial charge in [-0.3, -0.25) is 4.57 Å². The van der Waals surface area contributed by atoms with Crippen LogP contribution in [0.4, 0.5) is 0 Å². The lowest BCUT2D eigenvalue weighted by molar-refractivity contribution is 0.670. The minimum absolute atomic E-state index is 0.796. The van der Waals surface area contributed by atoms with Crippen molar-refractivity contribution in [1.29, 1.82) is 0 Å². The molecule has 4 heteroatoms. The smallest absolute Gasteiger partial charge is 0.168 e. The molecule has 6 aromatic carbocycles. The summed E-state index contributed by atoms with van der Waals surface area (Å²) in [6.07, 6.45) is 0. The molecule has 0 radical (unpaired) electrons. The predicted octanol–water partition coefficient (Wildman–Crippen LogP) is 9.83. The number of hydrogen-bond acceptors (Lipinski definition) is 3. The van der Waals surface area contributed by atoms with Crippen LogP contribution in [-0.4, -0.2) is 14.8 Å². The Bertz CT molecular complexity index is 2190. The molecular weight excluding hydrogens is 514 g/mol. The molecule has 0 spiro atoms. The van der Waals surface area contributed by atoms with Gasteiger partial charge in [-0.1, -0.05) is 121 Å². The van der Waals surface area contributed by atoms with Gasteiger partial charge >= 0.3 is 0 Å². The van der Waals surface area contributed by atoms with Crippen molar-refractivity contribution in [3.63, 3.8) is 0 Å². The normalized spacial score (nSPS) is 11.3. The molecule has 8 rings (SSSR count). The molecule has 2 aromatic heterocycles. The zero-order valence-electron chi connectivity index (χ0n) is 22.7. The van der Waals surface area contributed by atoms with Crippen LogP contribution >= 0.6 is 0 Å². The first-order chi connectivity index (χ1) is 20.8. The second-order valence-electron chi connectivity index (χ2n) is 10.3. The van der Waals surface area contributed by atoms with Crippen molar-refractivity contribution in [2.75, 3.05) is 0 Å². The lowest BCUT2D eigenvalue weighted by Gasteiger charge is -2.12. The average molecular weight is 540 g/mol. The Kier molecular flexibility index (Phi) is 5.75. The van der Waals surface area contributed by atoms with Crippen molar-refractivity contribution in [3.05, 3.63) is 152 Å².